The van der Waals surface area contributed by atoms with E-state index in [9.17, 15) is 20.6 Å². The van der Waals surface area contributed by atoms with E-state index in [0.29, 0.717) is 0 Å². The van der Waals surface area contributed by atoms with Gasteiger partial charge in [-0.25, -0.2) is 0 Å². The van der Waals surface area contributed by atoms with Gasteiger partial charge in [-0.3, -0.25) is 0 Å². The molecular weight excluding hydrogens is 262 g/mol. The van der Waals surface area contributed by atoms with Crippen molar-refractivity contribution < 1.29 is 24.8 Å². The van der Waals surface area contributed by atoms with Crippen LogP contribution in [0.2, 0.25) is 0 Å². The molecule has 3 N–H and O–H groups in total. The predicted molar refractivity (Wildman–Crippen MR) is 66.0 cm³/mol. The van der Waals surface area contributed by atoms with Crippen molar-refractivity contribution in [3.05, 3.63) is 35.9 Å². The first-order chi connectivity index (χ1) is 9.61. The molecule has 0 spiro atoms. The van der Waals surface area contributed by atoms with Crippen LogP contribution in [0.1, 0.15) is 5.56 Å². The summed E-state index contributed by atoms with van der Waals surface area (Å²) in [4.78, 5) is 0. The van der Waals surface area contributed by atoms with Crippen molar-refractivity contribution in [1.29, 1.82) is 5.26 Å². The van der Waals surface area contributed by atoms with Gasteiger partial charge in [-0.2, -0.15) is 5.26 Å². The van der Waals surface area contributed by atoms with E-state index >= 15 is 0 Å². The first-order valence-corrected chi connectivity index (χ1v) is 6.37. The van der Waals surface area contributed by atoms with Gasteiger partial charge in [0.25, 0.3) is 0 Å². The number of fused-ring (bicyclic) bond motifs is 1. The average Bonchev–Trinajstić information content (AvgIpc) is 2.70. The van der Waals surface area contributed by atoms with E-state index in [2.05, 4.69) is 0 Å². The number of aliphatic hydroxyl groups excluding tert-OH is 3. The number of aliphatic hydroxyl groups is 3. The number of benzene rings is 1. The number of hydrogen-bond donors (Lipinski definition) is 3. The van der Waals surface area contributed by atoms with Gasteiger partial charge in [-0.05, 0) is 5.56 Å². The number of nitrogens with zero attached hydrogens (tertiary/aromatic N) is 1. The fourth-order valence-corrected chi connectivity index (χ4v) is 2.95. The van der Waals surface area contributed by atoms with Crippen LogP contribution >= 0.6 is 0 Å². The van der Waals surface area contributed by atoms with Crippen molar-refractivity contribution >= 4 is 0 Å². The molecule has 2 aliphatic rings. The molecule has 1 heterocycles. The molecule has 20 heavy (non-hydrogen) atoms. The smallest absolute Gasteiger partial charge is 0.183 e. The van der Waals surface area contributed by atoms with Gasteiger partial charge in [0.2, 0.25) is 0 Å². The van der Waals surface area contributed by atoms with Crippen molar-refractivity contribution in [2.24, 2.45) is 5.41 Å². The largest absolute Gasteiger partial charge is 0.388 e. The molecule has 1 saturated carbocycles. The summed E-state index contributed by atoms with van der Waals surface area (Å²) in [5, 5.41) is 38.7. The summed E-state index contributed by atoms with van der Waals surface area (Å²) in [6.45, 7) is 0.210. The molecule has 1 aromatic rings. The summed E-state index contributed by atoms with van der Waals surface area (Å²) in [7, 11) is 0. The van der Waals surface area contributed by atoms with E-state index in [0.717, 1.165) is 5.56 Å². The Kier molecular flexibility index (Phi) is 3.24. The summed E-state index contributed by atoms with van der Waals surface area (Å²) in [6, 6.07) is 11.3. The number of ether oxygens (including phenoxy) is 2. The van der Waals surface area contributed by atoms with Gasteiger partial charge in [-0.15, -0.1) is 0 Å². The second kappa shape index (κ2) is 4.81. The van der Waals surface area contributed by atoms with Crippen LogP contribution in [0.5, 0.6) is 0 Å². The number of hydrogen-bond acceptors (Lipinski definition) is 6. The van der Waals surface area contributed by atoms with Crippen molar-refractivity contribution in [2.45, 2.75) is 37.3 Å². The maximum Gasteiger partial charge on any atom is 0.183 e. The predicted octanol–water partition coefficient (Wildman–Crippen LogP) is -0.466. The third-order valence-electron chi connectivity index (χ3n) is 4.07. The molecule has 6 heteroatoms. The van der Waals surface area contributed by atoms with Crippen molar-refractivity contribution in [3.63, 3.8) is 0 Å². The fourth-order valence-electron chi connectivity index (χ4n) is 2.95. The summed E-state index contributed by atoms with van der Waals surface area (Å²) in [5.41, 5.74) is -0.515. The lowest BCUT2D eigenvalue weighted by Crippen LogP contribution is -2.69. The maximum absolute atomic E-state index is 9.96. The van der Waals surface area contributed by atoms with Gasteiger partial charge in [0, 0.05) is 0 Å². The second-order valence-corrected chi connectivity index (χ2v) is 5.14. The lowest BCUT2D eigenvalue weighted by atomic mass is 9.60. The molecule has 4 unspecified atom stereocenters. The molecule has 1 aliphatic carbocycles. The molecule has 6 nitrogen and oxygen atoms in total. The Bertz CT molecular complexity index is 530. The normalized spacial score (nSPS) is 42.6. The Morgan fingerprint density at radius 3 is 2.60 bits per heavy atom. The standard InChI is InChI=1S/C14H15NO5/c15-7-14-10(17)13(18)20-12(14)9(16)11(14)19-6-8-4-2-1-3-5-8/h1-5,9-13,16-18H,6H2/t9-,10?,11?,12?,13+,14?/m0/s1. The van der Waals surface area contributed by atoms with Crippen LogP contribution in [0.25, 0.3) is 0 Å². The first kappa shape index (κ1) is 13.5. The van der Waals surface area contributed by atoms with Gasteiger partial charge >= 0.3 is 0 Å². The third kappa shape index (κ3) is 1.69. The van der Waals surface area contributed by atoms with E-state index < -0.39 is 36.1 Å². The molecule has 2 fully saturated rings. The molecule has 1 aromatic carbocycles. The van der Waals surface area contributed by atoms with E-state index in [-0.39, 0.29) is 6.61 Å². The van der Waals surface area contributed by atoms with Crippen molar-refractivity contribution in [2.75, 3.05) is 0 Å². The Morgan fingerprint density at radius 2 is 1.95 bits per heavy atom. The van der Waals surface area contributed by atoms with Gasteiger partial charge in [-0.1, -0.05) is 30.3 Å². The lowest BCUT2D eigenvalue weighted by molar-refractivity contribution is -0.244. The SMILES string of the molecule is N#CC12C(OCc3ccccc3)[C@H](O)C1O[C@@H](O)C2O. The molecule has 3 rings (SSSR count). The highest BCUT2D eigenvalue weighted by Gasteiger charge is 2.74. The molecule has 6 atom stereocenters. The Morgan fingerprint density at radius 1 is 1.25 bits per heavy atom. The third-order valence-corrected chi connectivity index (χ3v) is 4.07. The van der Waals surface area contributed by atoms with Crippen molar-refractivity contribution in [3.8, 4) is 6.07 Å². The Labute approximate surface area is 115 Å². The van der Waals surface area contributed by atoms with Crippen LogP contribution in [0.15, 0.2) is 30.3 Å². The number of nitriles is 1. The summed E-state index contributed by atoms with van der Waals surface area (Å²) in [5.74, 6) is 0. The highest BCUT2D eigenvalue weighted by Crippen LogP contribution is 2.53. The van der Waals surface area contributed by atoms with Crippen LogP contribution < -0.4 is 0 Å². The molecular formula is C14H15NO5. The van der Waals surface area contributed by atoms with Crippen LogP contribution in [-0.4, -0.2) is 46.0 Å². The van der Waals surface area contributed by atoms with Crippen LogP contribution in [0, 0.1) is 16.7 Å². The maximum atomic E-state index is 9.96. The summed E-state index contributed by atoms with van der Waals surface area (Å²) < 4.78 is 10.6. The Hall–Kier alpha value is -1.49. The zero-order chi connectivity index (χ0) is 14.3. The van der Waals surface area contributed by atoms with Gasteiger partial charge in [0.05, 0.1) is 12.7 Å². The topological polar surface area (TPSA) is 103 Å². The van der Waals surface area contributed by atoms with E-state index in [1.807, 2.05) is 36.4 Å². The average molecular weight is 277 g/mol. The molecule has 0 bridgehead atoms. The molecule has 0 amide bonds. The minimum Gasteiger partial charge on any atom is -0.388 e. The minimum atomic E-state index is -1.47. The Balaban J connectivity index is 1.75. The van der Waals surface area contributed by atoms with Gasteiger partial charge < -0.3 is 24.8 Å². The molecule has 106 valence electrons. The number of rotatable bonds is 3. The second-order valence-electron chi connectivity index (χ2n) is 5.14. The van der Waals surface area contributed by atoms with E-state index in [1.54, 1.807) is 0 Å². The molecule has 1 aliphatic heterocycles. The fraction of sp³-hybridized carbons (Fsp3) is 0.500. The quantitative estimate of drug-likeness (QED) is 0.690. The van der Waals surface area contributed by atoms with Gasteiger partial charge in [0.1, 0.15) is 29.8 Å². The highest BCUT2D eigenvalue weighted by atomic mass is 16.6. The van der Waals surface area contributed by atoms with Gasteiger partial charge in [0.15, 0.2) is 6.29 Å². The highest BCUT2D eigenvalue weighted by molar-refractivity contribution is 5.28. The summed E-state index contributed by atoms with van der Waals surface area (Å²) in [6.07, 6.45) is -5.70. The van der Waals surface area contributed by atoms with Crippen molar-refractivity contribution in [1.82, 2.24) is 0 Å². The minimum absolute atomic E-state index is 0.210. The van der Waals surface area contributed by atoms with Crippen LogP contribution in [0.3, 0.4) is 0 Å². The monoisotopic (exact) mass is 277 g/mol. The van der Waals surface area contributed by atoms with Crippen LogP contribution in [-0.2, 0) is 16.1 Å². The van der Waals surface area contributed by atoms with Crippen LogP contribution in [0.4, 0.5) is 0 Å². The summed E-state index contributed by atoms with van der Waals surface area (Å²) >= 11 is 0. The van der Waals surface area contributed by atoms with E-state index in [4.69, 9.17) is 9.47 Å². The zero-order valence-electron chi connectivity index (χ0n) is 10.6. The lowest BCUT2D eigenvalue weighted by Gasteiger charge is -2.50. The van der Waals surface area contributed by atoms with E-state index in [1.165, 1.54) is 0 Å². The molecule has 0 radical (unpaired) electrons. The molecule has 1 saturated heterocycles. The molecule has 0 aromatic heterocycles. The zero-order valence-corrected chi connectivity index (χ0v) is 10.6. The first-order valence-electron chi connectivity index (χ1n) is 6.37.